The summed E-state index contributed by atoms with van der Waals surface area (Å²) in [4.78, 5) is 11.8. The van der Waals surface area contributed by atoms with Crippen LogP contribution < -0.4 is 5.32 Å². The highest BCUT2D eigenvalue weighted by molar-refractivity contribution is 6.32. The molecule has 2 aromatic rings. The van der Waals surface area contributed by atoms with E-state index in [1.54, 1.807) is 24.3 Å². The van der Waals surface area contributed by atoms with Gasteiger partial charge in [-0.1, -0.05) is 41.4 Å². The fourth-order valence-electron chi connectivity index (χ4n) is 1.81. The third-order valence-electron chi connectivity index (χ3n) is 2.83. The Morgan fingerprint density at radius 3 is 2.76 bits per heavy atom. The van der Waals surface area contributed by atoms with Crippen LogP contribution in [0.15, 0.2) is 48.5 Å². The minimum atomic E-state index is -0.253. The van der Waals surface area contributed by atoms with Crippen molar-refractivity contribution in [1.82, 2.24) is 0 Å². The summed E-state index contributed by atoms with van der Waals surface area (Å²) < 4.78 is 0. The summed E-state index contributed by atoms with van der Waals surface area (Å²) in [5, 5.41) is 11.8. The molecule has 0 aromatic heterocycles. The molecule has 0 saturated heterocycles. The van der Waals surface area contributed by atoms with Gasteiger partial charge in [-0.25, -0.2) is 0 Å². The quantitative estimate of drug-likeness (QED) is 0.864. The zero-order chi connectivity index (χ0) is 15.2. The highest BCUT2D eigenvalue weighted by Gasteiger charge is 2.03. The number of anilines is 1. The van der Waals surface area contributed by atoms with E-state index in [1.807, 2.05) is 37.3 Å². The highest BCUT2D eigenvalue weighted by atomic mass is 35.5. The predicted octanol–water partition coefficient (Wildman–Crippen LogP) is 4.17. The molecule has 0 heterocycles. The number of nitriles is 1. The van der Waals surface area contributed by atoms with E-state index in [4.69, 9.17) is 16.9 Å². The van der Waals surface area contributed by atoms with Gasteiger partial charge in [0.05, 0.1) is 10.6 Å². The van der Waals surface area contributed by atoms with Crippen LogP contribution in [0.3, 0.4) is 0 Å². The first-order chi connectivity index (χ1) is 10.1. The minimum Gasteiger partial charge on any atom is -0.322 e. The second-order valence-electron chi connectivity index (χ2n) is 4.54. The average molecular weight is 297 g/mol. The summed E-state index contributed by atoms with van der Waals surface area (Å²) >= 11 is 5.91. The Morgan fingerprint density at radius 2 is 2.10 bits per heavy atom. The molecule has 0 unspecified atom stereocenters. The molecular weight excluding hydrogens is 284 g/mol. The number of hydrogen-bond donors (Lipinski definition) is 1. The van der Waals surface area contributed by atoms with Gasteiger partial charge in [0, 0.05) is 11.8 Å². The number of carbonyl (C=O) groups excluding carboxylic acids is 1. The van der Waals surface area contributed by atoms with Gasteiger partial charge in [-0.2, -0.15) is 5.26 Å². The van der Waals surface area contributed by atoms with E-state index >= 15 is 0 Å². The zero-order valence-corrected chi connectivity index (χ0v) is 12.2. The Morgan fingerprint density at radius 1 is 1.29 bits per heavy atom. The topological polar surface area (TPSA) is 52.9 Å². The summed E-state index contributed by atoms with van der Waals surface area (Å²) in [7, 11) is 0. The first-order valence-corrected chi connectivity index (χ1v) is 6.71. The van der Waals surface area contributed by atoms with E-state index < -0.39 is 0 Å². The molecule has 0 atom stereocenters. The molecule has 2 rings (SSSR count). The maximum Gasteiger partial charge on any atom is 0.248 e. The number of aryl methyl sites for hydroxylation is 1. The second kappa shape index (κ2) is 6.74. The Labute approximate surface area is 128 Å². The summed E-state index contributed by atoms with van der Waals surface area (Å²) in [5.74, 6) is -0.253. The number of hydrogen-bond acceptors (Lipinski definition) is 2. The van der Waals surface area contributed by atoms with Crippen LogP contribution in [0, 0.1) is 18.3 Å². The molecule has 0 fully saturated rings. The molecule has 0 bridgehead atoms. The van der Waals surface area contributed by atoms with Gasteiger partial charge in [-0.05, 0) is 36.8 Å². The van der Waals surface area contributed by atoms with E-state index in [0.717, 1.165) is 11.1 Å². The van der Waals surface area contributed by atoms with Crippen molar-refractivity contribution in [2.75, 3.05) is 5.32 Å². The lowest BCUT2D eigenvalue weighted by Crippen LogP contribution is -2.07. The largest absolute Gasteiger partial charge is 0.322 e. The summed E-state index contributed by atoms with van der Waals surface area (Å²) in [6, 6.07) is 14.6. The van der Waals surface area contributed by atoms with Gasteiger partial charge < -0.3 is 5.32 Å². The van der Waals surface area contributed by atoms with Crippen LogP contribution >= 0.6 is 11.6 Å². The molecule has 3 nitrogen and oxygen atoms in total. The van der Waals surface area contributed by atoms with E-state index in [0.29, 0.717) is 16.3 Å². The molecule has 2 aromatic carbocycles. The lowest BCUT2D eigenvalue weighted by atomic mass is 10.1. The standard InChI is InChI=1S/C17H13ClN2O/c1-12-3-2-4-13(9-12)5-8-17(21)20-15-7-6-14(11-19)16(18)10-15/h2-10H,1H3,(H,20,21)/b8-5+. The van der Waals surface area contributed by atoms with Crippen LogP contribution in [0.1, 0.15) is 16.7 Å². The second-order valence-corrected chi connectivity index (χ2v) is 4.95. The summed E-state index contributed by atoms with van der Waals surface area (Å²) in [5.41, 5.74) is 3.03. The van der Waals surface area contributed by atoms with Crippen molar-refractivity contribution in [3.8, 4) is 6.07 Å². The lowest BCUT2D eigenvalue weighted by molar-refractivity contribution is -0.111. The third kappa shape index (κ3) is 4.20. The van der Waals surface area contributed by atoms with Gasteiger partial charge in [0.1, 0.15) is 6.07 Å². The van der Waals surface area contributed by atoms with Gasteiger partial charge in [-0.15, -0.1) is 0 Å². The van der Waals surface area contributed by atoms with Crippen molar-refractivity contribution in [2.24, 2.45) is 0 Å². The van der Waals surface area contributed by atoms with E-state index in [-0.39, 0.29) is 5.91 Å². The van der Waals surface area contributed by atoms with Crippen LogP contribution in [0.2, 0.25) is 5.02 Å². The number of rotatable bonds is 3. The smallest absolute Gasteiger partial charge is 0.248 e. The van der Waals surface area contributed by atoms with Crippen LogP contribution in [0.4, 0.5) is 5.69 Å². The van der Waals surface area contributed by atoms with Gasteiger partial charge in [-0.3, -0.25) is 4.79 Å². The van der Waals surface area contributed by atoms with Crippen LogP contribution in [0.5, 0.6) is 0 Å². The Bertz CT molecular complexity index is 745. The number of amides is 1. The van der Waals surface area contributed by atoms with Gasteiger partial charge in [0.25, 0.3) is 0 Å². The van der Waals surface area contributed by atoms with Crippen molar-refractivity contribution < 1.29 is 4.79 Å². The maximum atomic E-state index is 11.8. The van der Waals surface area contributed by atoms with Crippen molar-refractivity contribution >= 4 is 29.3 Å². The number of benzene rings is 2. The van der Waals surface area contributed by atoms with Crippen LogP contribution in [0.25, 0.3) is 6.08 Å². The maximum absolute atomic E-state index is 11.8. The van der Waals surface area contributed by atoms with Crippen molar-refractivity contribution in [1.29, 1.82) is 5.26 Å². The molecule has 21 heavy (non-hydrogen) atoms. The number of nitrogens with zero attached hydrogens (tertiary/aromatic N) is 1. The summed E-state index contributed by atoms with van der Waals surface area (Å²) in [6.07, 6.45) is 3.20. The molecule has 0 aliphatic heterocycles. The molecule has 0 saturated carbocycles. The molecule has 0 radical (unpaired) electrons. The molecular formula is C17H13ClN2O. The fourth-order valence-corrected chi connectivity index (χ4v) is 2.04. The van der Waals surface area contributed by atoms with E-state index in [1.165, 1.54) is 6.08 Å². The highest BCUT2D eigenvalue weighted by Crippen LogP contribution is 2.20. The predicted molar refractivity (Wildman–Crippen MR) is 85.0 cm³/mol. The SMILES string of the molecule is Cc1cccc(/C=C/C(=O)Nc2ccc(C#N)c(Cl)c2)c1. The van der Waals surface area contributed by atoms with Crippen LogP contribution in [-0.2, 0) is 4.79 Å². The van der Waals surface area contributed by atoms with Gasteiger partial charge in [0.15, 0.2) is 0 Å². The number of carbonyl (C=O) groups is 1. The third-order valence-corrected chi connectivity index (χ3v) is 3.14. The normalized spacial score (nSPS) is 10.3. The first kappa shape index (κ1) is 14.8. The van der Waals surface area contributed by atoms with Gasteiger partial charge >= 0.3 is 0 Å². The average Bonchev–Trinajstić information content (AvgIpc) is 2.45. The Hall–Kier alpha value is -2.57. The molecule has 1 N–H and O–H groups in total. The Kier molecular flexibility index (Phi) is 4.76. The van der Waals surface area contributed by atoms with Crippen molar-refractivity contribution in [3.05, 3.63) is 70.3 Å². The number of nitrogens with one attached hydrogen (secondary N) is 1. The zero-order valence-electron chi connectivity index (χ0n) is 11.4. The fraction of sp³-hybridized carbons (Fsp3) is 0.0588. The van der Waals surface area contributed by atoms with E-state index in [9.17, 15) is 4.79 Å². The monoisotopic (exact) mass is 296 g/mol. The van der Waals surface area contributed by atoms with Crippen molar-refractivity contribution in [3.63, 3.8) is 0 Å². The minimum absolute atomic E-state index is 0.253. The molecule has 0 aliphatic carbocycles. The molecule has 1 amide bonds. The lowest BCUT2D eigenvalue weighted by Gasteiger charge is -2.03. The van der Waals surface area contributed by atoms with Crippen molar-refractivity contribution in [2.45, 2.75) is 6.92 Å². The van der Waals surface area contributed by atoms with E-state index in [2.05, 4.69) is 5.32 Å². The molecule has 0 aliphatic rings. The Balaban J connectivity index is 2.05. The first-order valence-electron chi connectivity index (χ1n) is 6.34. The number of halogens is 1. The van der Waals surface area contributed by atoms with Gasteiger partial charge in [0.2, 0.25) is 5.91 Å². The molecule has 104 valence electrons. The van der Waals surface area contributed by atoms with Crippen LogP contribution in [-0.4, -0.2) is 5.91 Å². The summed E-state index contributed by atoms with van der Waals surface area (Å²) in [6.45, 7) is 2.00. The molecule has 0 spiro atoms. The molecule has 4 heteroatoms.